The summed E-state index contributed by atoms with van der Waals surface area (Å²) in [6.07, 6.45) is -0.0449. The van der Waals surface area contributed by atoms with E-state index < -0.39 is 15.3 Å². The number of sulfonamides is 1. The first-order valence-electron chi connectivity index (χ1n) is 5.85. The third-order valence-electron chi connectivity index (χ3n) is 3.41. The quantitative estimate of drug-likeness (QED) is 0.913. The van der Waals surface area contributed by atoms with Crippen LogP contribution in [0.4, 0.5) is 0 Å². The molecular formula is C12H15ClN2O3S. The lowest BCUT2D eigenvalue weighted by Crippen LogP contribution is -2.33. The highest BCUT2D eigenvalue weighted by atomic mass is 35.5. The van der Waals surface area contributed by atoms with Gasteiger partial charge in [-0.3, -0.25) is 4.79 Å². The molecule has 1 aromatic carbocycles. The summed E-state index contributed by atoms with van der Waals surface area (Å²) in [7, 11) is -3.67. The number of hydrogen-bond donors (Lipinski definition) is 1. The van der Waals surface area contributed by atoms with Crippen LogP contribution in [0.1, 0.15) is 24.9 Å². The van der Waals surface area contributed by atoms with Gasteiger partial charge in [-0.15, -0.1) is 0 Å². The Bertz CT molecular complexity index is 585. The van der Waals surface area contributed by atoms with Gasteiger partial charge in [0.05, 0.1) is 6.04 Å². The molecule has 1 aliphatic rings. The van der Waals surface area contributed by atoms with Gasteiger partial charge in [0.15, 0.2) is 0 Å². The maximum absolute atomic E-state index is 11.9. The van der Waals surface area contributed by atoms with Gasteiger partial charge in [0, 0.05) is 18.0 Å². The van der Waals surface area contributed by atoms with Gasteiger partial charge in [-0.25, -0.2) is 13.6 Å². The summed E-state index contributed by atoms with van der Waals surface area (Å²) < 4.78 is 22.6. The zero-order valence-electron chi connectivity index (χ0n) is 10.4. The van der Waals surface area contributed by atoms with E-state index in [1.54, 1.807) is 12.1 Å². The smallest absolute Gasteiger partial charge is 0.224 e. The van der Waals surface area contributed by atoms with Gasteiger partial charge in [-0.1, -0.05) is 23.7 Å². The number of amides is 1. The predicted octanol–water partition coefficient (Wildman–Crippen LogP) is 1.29. The van der Waals surface area contributed by atoms with Crippen LogP contribution in [-0.2, 0) is 14.8 Å². The van der Waals surface area contributed by atoms with Crippen molar-refractivity contribution in [2.24, 2.45) is 5.14 Å². The molecule has 1 amide bonds. The lowest BCUT2D eigenvalue weighted by atomic mass is 10.1. The summed E-state index contributed by atoms with van der Waals surface area (Å²) in [5, 5.41) is 4.91. The highest BCUT2D eigenvalue weighted by Gasteiger charge is 2.38. The Morgan fingerprint density at radius 1 is 1.37 bits per heavy atom. The number of primary sulfonamides is 1. The van der Waals surface area contributed by atoms with Gasteiger partial charge in [-0.2, -0.15) is 0 Å². The maximum atomic E-state index is 11.9. The zero-order valence-corrected chi connectivity index (χ0v) is 12.0. The molecule has 1 saturated heterocycles. The molecule has 2 unspecified atom stereocenters. The standard InChI is InChI=1S/C12H15ClN2O3S/c1-8(9-2-4-10(13)5-3-9)15-7-11(6-12(15)16)19(14,17)18/h2-5,8,11H,6-7H2,1H3,(H2,14,17,18). The molecule has 2 rings (SSSR count). The molecule has 1 aliphatic heterocycles. The molecule has 2 atom stereocenters. The van der Waals surface area contributed by atoms with E-state index in [0.29, 0.717) is 5.02 Å². The molecule has 0 bridgehead atoms. The van der Waals surface area contributed by atoms with Crippen LogP contribution in [0.2, 0.25) is 5.02 Å². The number of halogens is 1. The molecule has 1 heterocycles. The average Bonchev–Trinajstić information content (AvgIpc) is 2.71. The summed E-state index contributed by atoms with van der Waals surface area (Å²) in [6, 6.07) is 6.93. The van der Waals surface area contributed by atoms with Gasteiger partial charge in [0.1, 0.15) is 5.25 Å². The van der Waals surface area contributed by atoms with E-state index in [1.807, 2.05) is 19.1 Å². The molecule has 1 aromatic rings. The Kier molecular flexibility index (Phi) is 3.85. The molecule has 104 valence electrons. The molecule has 0 aliphatic carbocycles. The first kappa shape index (κ1) is 14.3. The van der Waals surface area contributed by atoms with E-state index in [-0.39, 0.29) is 24.9 Å². The molecule has 0 aromatic heterocycles. The molecule has 5 nitrogen and oxygen atoms in total. The molecular weight excluding hydrogens is 288 g/mol. The average molecular weight is 303 g/mol. The van der Waals surface area contributed by atoms with Crippen molar-refractivity contribution in [2.75, 3.05) is 6.54 Å². The van der Waals surface area contributed by atoms with Crippen molar-refractivity contribution >= 4 is 27.5 Å². The lowest BCUT2D eigenvalue weighted by molar-refractivity contribution is -0.129. The Balaban J connectivity index is 2.18. The Hall–Kier alpha value is -1.11. The Morgan fingerprint density at radius 2 is 1.95 bits per heavy atom. The lowest BCUT2D eigenvalue weighted by Gasteiger charge is -2.25. The number of carbonyl (C=O) groups is 1. The number of rotatable bonds is 3. The van der Waals surface area contributed by atoms with E-state index >= 15 is 0 Å². The summed E-state index contributed by atoms with van der Waals surface area (Å²) in [5.41, 5.74) is 0.910. The largest absolute Gasteiger partial charge is 0.335 e. The van der Waals surface area contributed by atoms with Crippen LogP contribution in [0, 0.1) is 0 Å². The number of carbonyl (C=O) groups excluding carboxylic acids is 1. The highest BCUT2D eigenvalue weighted by molar-refractivity contribution is 7.89. The second-order valence-corrected chi connectivity index (χ2v) is 6.97. The van der Waals surface area contributed by atoms with Crippen LogP contribution in [0.25, 0.3) is 0 Å². The van der Waals surface area contributed by atoms with Crippen molar-refractivity contribution in [1.82, 2.24) is 4.90 Å². The highest BCUT2D eigenvalue weighted by Crippen LogP contribution is 2.28. The predicted molar refractivity (Wildman–Crippen MR) is 73.1 cm³/mol. The zero-order chi connectivity index (χ0) is 14.2. The molecule has 0 saturated carbocycles. The molecule has 1 fully saturated rings. The summed E-state index contributed by atoms with van der Waals surface area (Å²) in [6.45, 7) is 1.99. The molecule has 0 radical (unpaired) electrons. The monoisotopic (exact) mass is 302 g/mol. The normalized spacial score (nSPS) is 21.7. The minimum Gasteiger partial charge on any atom is -0.335 e. The molecule has 19 heavy (non-hydrogen) atoms. The fraction of sp³-hybridized carbons (Fsp3) is 0.417. The van der Waals surface area contributed by atoms with Crippen LogP contribution < -0.4 is 5.14 Å². The van der Waals surface area contributed by atoms with Crippen molar-refractivity contribution < 1.29 is 13.2 Å². The number of benzene rings is 1. The minimum absolute atomic E-state index is 0.0449. The topological polar surface area (TPSA) is 80.5 Å². The van der Waals surface area contributed by atoms with E-state index in [1.165, 1.54) is 4.90 Å². The van der Waals surface area contributed by atoms with E-state index in [9.17, 15) is 13.2 Å². The number of hydrogen-bond acceptors (Lipinski definition) is 3. The van der Waals surface area contributed by atoms with E-state index in [4.69, 9.17) is 16.7 Å². The molecule has 7 heteroatoms. The summed E-state index contributed by atoms with van der Waals surface area (Å²) in [4.78, 5) is 13.4. The van der Waals surface area contributed by atoms with Gasteiger partial charge < -0.3 is 4.90 Å². The summed E-state index contributed by atoms with van der Waals surface area (Å²) >= 11 is 5.81. The van der Waals surface area contributed by atoms with E-state index in [0.717, 1.165) is 5.56 Å². The van der Waals surface area contributed by atoms with Gasteiger partial charge in [-0.05, 0) is 24.6 Å². The SMILES string of the molecule is CC(c1ccc(Cl)cc1)N1CC(S(N)(=O)=O)CC1=O. The second-order valence-electron chi connectivity index (χ2n) is 4.69. The number of nitrogens with two attached hydrogens (primary N) is 1. The van der Waals surface area contributed by atoms with Gasteiger partial charge in [0.25, 0.3) is 0 Å². The first-order chi connectivity index (χ1) is 8.79. The Labute approximate surface area is 117 Å². The number of likely N-dealkylation sites (tertiary alicyclic amines) is 1. The van der Waals surface area contributed by atoms with E-state index in [2.05, 4.69) is 0 Å². The third-order valence-corrected chi connectivity index (χ3v) is 4.90. The van der Waals surface area contributed by atoms with Crippen LogP contribution in [-0.4, -0.2) is 31.0 Å². The van der Waals surface area contributed by atoms with Crippen molar-refractivity contribution in [2.45, 2.75) is 24.6 Å². The third kappa shape index (κ3) is 3.08. The van der Waals surface area contributed by atoms with Crippen molar-refractivity contribution in [3.8, 4) is 0 Å². The molecule has 2 N–H and O–H groups in total. The summed E-state index contributed by atoms with van der Waals surface area (Å²) in [5.74, 6) is -0.193. The van der Waals surface area contributed by atoms with Gasteiger partial charge >= 0.3 is 0 Å². The fourth-order valence-corrected chi connectivity index (χ4v) is 3.08. The van der Waals surface area contributed by atoms with Crippen LogP contribution >= 0.6 is 11.6 Å². The Morgan fingerprint density at radius 3 is 2.42 bits per heavy atom. The van der Waals surface area contributed by atoms with Gasteiger partial charge in [0.2, 0.25) is 15.9 Å². The van der Waals surface area contributed by atoms with Crippen LogP contribution in [0.5, 0.6) is 0 Å². The van der Waals surface area contributed by atoms with Crippen molar-refractivity contribution in [1.29, 1.82) is 0 Å². The van der Waals surface area contributed by atoms with Crippen LogP contribution in [0.15, 0.2) is 24.3 Å². The maximum Gasteiger partial charge on any atom is 0.224 e. The minimum atomic E-state index is -3.67. The van der Waals surface area contributed by atoms with Crippen molar-refractivity contribution in [3.63, 3.8) is 0 Å². The fourth-order valence-electron chi connectivity index (χ4n) is 2.21. The first-order valence-corrected chi connectivity index (χ1v) is 7.84. The number of nitrogens with zero attached hydrogens (tertiary/aromatic N) is 1. The molecule has 0 spiro atoms. The van der Waals surface area contributed by atoms with Crippen LogP contribution in [0.3, 0.4) is 0 Å². The van der Waals surface area contributed by atoms with Crippen molar-refractivity contribution in [3.05, 3.63) is 34.9 Å². The second kappa shape index (κ2) is 5.11.